The fourth-order valence-electron chi connectivity index (χ4n) is 1.59. The molecule has 3 nitrogen and oxygen atoms in total. The average Bonchev–Trinajstić information content (AvgIpc) is 2.29. The van der Waals surface area contributed by atoms with Crippen molar-refractivity contribution < 1.29 is 23.1 Å². The molecule has 0 saturated heterocycles. The van der Waals surface area contributed by atoms with Crippen molar-refractivity contribution in [2.24, 2.45) is 0 Å². The van der Waals surface area contributed by atoms with Gasteiger partial charge in [-0.2, -0.15) is 13.2 Å². The molecule has 0 bridgehead atoms. The summed E-state index contributed by atoms with van der Waals surface area (Å²) < 4.78 is 38.7. The number of hydrogen-bond donors (Lipinski definition) is 2. The van der Waals surface area contributed by atoms with Crippen LogP contribution in [0.5, 0.6) is 0 Å². The Hall–Kier alpha value is -1.56. The van der Waals surface area contributed by atoms with E-state index in [1.165, 1.54) is 31.2 Å². The van der Waals surface area contributed by atoms with Crippen LogP contribution in [-0.4, -0.2) is 23.3 Å². The highest BCUT2D eigenvalue weighted by Crippen LogP contribution is 2.33. The summed E-state index contributed by atoms with van der Waals surface area (Å²) in [5, 5.41) is 10.9. The van der Waals surface area contributed by atoms with Crippen molar-refractivity contribution in [3.05, 3.63) is 35.9 Å². The molecule has 18 heavy (non-hydrogen) atoms. The van der Waals surface area contributed by atoms with Crippen molar-refractivity contribution in [2.75, 3.05) is 0 Å². The molecule has 0 spiro atoms. The van der Waals surface area contributed by atoms with Crippen LogP contribution in [0, 0.1) is 0 Å². The fourth-order valence-corrected chi connectivity index (χ4v) is 1.59. The number of alkyl halides is 3. The van der Waals surface area contributed by atoms with Crippen LogP contribution in [0.3, 0.4) is 0 Å². The molecule has 2 atom stereocenters. The Morgan fingerprint density at radius 1 is 1.33 bits per heavy atom. The Morgan fingerprint density at radius 3 is 2.28 bits per heavy atom. The lowest BCUT2D eigenvalue weighted by molar-refractivity contribution is -0.163. The van der Waals surface area contributed by atoms with Crippen LogP contribution < -0.4 is 5.32 Å². The molecule has 0 aliphatic heterocycles. The lowest BCUT2D eigenvalue weighted by atomic mass is 10.0. The van der Waals surface area contributed by atoms with Crippen LogP contribution in [0.2, 0.25) is 0 Å². The number of aliphatic carboxylic acids is 1. The molecule has 1 aromatic rings. The van der Waals surface area contributed by atoms with Gasteiger partial charge in [-0.3, -0.25) is 10.1 Å². The molecule has 0 amide bonds. The van der Waals surface area contributed by atoms with Crippen molar-refractivity contribution in [3.63, 3.8) is 0 Å². The summed E-state index contributed by atoms with van der Waals surface area (Å²) in [5.74, 6) is -1.29. The van der Waals surface area contributed by atoms with E-state index >= 15 is 0 Å². The largest absolute Gasteiger partial charge is 0.480 e. The Morgan fingerprint density at radius 2 is 1.89 bits per heavy atom. The lowest BCUT2D eigenvalue weighted by Gasteiger charge is -2.25. The van der Waals surface area contributed by atoms with Gasteiger partial charge in [0.05, 0.1) is 0 Å². The minimum Gasteiger partial charge on any atom is -0.480 e. The Labute approximate surface area is 103 Å². The molecule has 0 fully saturated rings. The molecule has 0 saturated carbocycles. The summed E-state index contributed by atoms with van der Waals surface area (Å²) in [6, 6.07) is 4.01. The second kappa shape index (κ2) is 5.86. The number of halogens is 3. The van der Waals surface area contributed by atoms with Gasteiger partial charge in [-0.05, 0) is 12.0 Å². The number of hydrogen-bond acceptors (Lipinski definition) is 2. The van der Waals surface area contributed by atoms with Crippen LogP contribution in [0.25, 0.3) is 0 Å². The molecule has 6 heteroatoms. The van der Waals surface area contributed by atoms with Crippen molar-refractivity contribution in [3.8, 4) is 0 Å². The first-order valence-corrected chi connectivity index (χ1v) is 5.46. The molecule has 2 N–H and O–H groups in total. The van der Waals surface area contributed by atoms with E-state index in [4.69, 9.17) is 5.11 Å². The van der Waals surface area contributed by atoms with E-state index in [2.05, 4.69) is 5.32 Å². The summed E-state index contributed by atoms with van der Waals surface area (Å²) in [6.07, 6.45) is -4.46. The van der Waals surface area contributed by atoms with E-state index in [-0.39, 0.29) is 12.0 Å². The van der Waals surface area contributed by atoms with E-state index < -0.39 is 24.2 Å². The zero-order valence-corrected chi connectivity index (χ0v) is 9.74. The average molecular weight is 261 g/mol. The summed E-state index contributed by atoms with van der Waals surface area (Å²) in [6.45, 7) is 1.52. The molecule has 0 heterocycles. The highest BCUT2D eigenvalue weighted by atomic mass is 19.4. The molecule has 0 unspecified atom stereocenters. The van der Waals surface area contributed by atoms with Gasteiger partial charge in [-0.1, -0.05) is 37.3 Å². The zero-order valence-electron chi connectivity index (χ0n) is 9.74. The van der Waals surface area contributed by atoms with Gasteiger partial charge in [0.15, 0.2) is 0 Å². The normalized spacial score (nSPS) is 15.1. The van der Waals surface area contributed by atoms with Crippen molar-refractivity contribution in [2.45, 2.75) is 31.6 Å². The molecular weight excluding hydrogens is 247 g/mol. The van der Waals surface area contributed by atoms with Crippen LogP contribution in [0.1, 0.15) is 24.9 Å². The van der Waals surface area contributed by atoms with Crippen molar-refractivity contribution in [1.29, 1.82) is 0 Å². The maximum absolute atomic E-state index is 12.9. The van der Waals surface area contributed by atoms with Crippen LogP contribution in [0.4, 0.5) is 13.2 Å². The van der Waals surface area contributed by atoms with Crippen LogP contribution in [-0.2, 0) is 4.79 Å². The molecular formula is C12H14F3NO2. The second-order valence-electron chi connectivity index (χ2n) is 3.85. The smallest absolute Gasteiger partial charge is 0.407 e. The van der Waals surface area contributed by atoms with Crippen LogP contribution in [0.15, 0.2) is 30.3 Å². The highest BCUT2D eigenvalue weighted by Gasteiger charge is 2.42. The van der Waals surface area contributed by atoms with Gasteiger partial charge in [0.25, 0.3) is 0 Å². The number of benzene rings is 1. The van der Waals surface area contributed by atoms with Gasteiger partial charge in [0, 0.05) is 0 Å². The third-order valence-corrected chi connectivity index (χ3v) is 2.53. The van der Waals surface area contributed by atoms with E-state index in [9.17, 15) is 18.0 Å². The van der Waals surface area contributed by atoms with Crippen molar-refractivity contribution >= 4 is 5.97 Å². The van der Waals surface area contributed by atoms with Crippen LogP contribution >= 0.6 is 0 Å². The minimum atomic E-state index is -4.54. The Balaban J connectivity index is 2.97. The summed E-state index contributed by atoms with van der Waals surface area (Å²) in [4.78, 5) is 10.8. The second-order valence-corrected chi connectivity index (χ2v) is 3.85. The Bertz CT molecular complexity index is 392. The molecule has 0 radical (unpaired) electrons. The van der Waals surface area contributed by atoms with E-state index in [0.717, 1.165) is 0 Å². The van der Waals surface area contributed by atoms with E-state index in [1.54, 1.807) is 6.07 Å². The first-order chi connectivity index (χ1) is 8.36. The molecule has 0 aliphatic rings. The maximum Gasteiger partial charge on any atom is 0.407 e. The summed E-state index contributed by atoms with van der Waals surface area (Å²) in [7, 11) is 0. The van der Waals surface area contributed by atoms with Gasteiger partial charge in [0.2, 0.25) is 0 Å². The van der Waals surface area contributed by atoms with E-state index in [1.807, 2.05) is 0 Å². The lowest BCUT2D eigenvalue weighted by Crippen LogP contribution is -2.44. The van der Waals surface area contributed by atoms with Gasteiger partial charge in [-0.15, -0.1) is 0 Å². The summed E-state index contributed by atoms with van der Waals surface area (Å²) in [5.41, 5.74) is 0.00435. The molecule has 100 valence electrons. The van der Waals surface area contributed by atoms with Crippen molar-refractivity contribution in [1.82, 2.24) is 5.32 Å². The first kappa shape index (κ1) is 14.5. The molecule has 1 aromatic carbocycles. The van der Waals surface area contributed by atoms with Gasteiger partial charge >= 0.3 is 12.1 Å². The van der Waals surface area contributed by atoms with Gasteiger partial charge in [-0.25, -0.2) is 0 Å². The summed E-state index contributed by atoms with van der Waals surface area (Å²) >= 11 is 0. The van der Waals surface area contributed by atoms with Gasteiger partial charge in [0.1, 0.15) is 12.1 Å². The molecule has 0 aliphatic carbocycles. The number of carboxylic acids is 1. The predicted molar refractivity (Wildman–Crippen MR) is 60.1 cm³/mol. The maximum atomic E-state index is 12.9. The number of nitrogens with one attached hydrogen (secondary N) is 1. The molecule has 1 rings (SSSR count). The minimum absolute atomic E-state index is 0.00435. The van der Waals surface area contributed by atoms with E-state index in [0.29, 0.717) is 0 Å². The number of carbonyl (C=O) groups is 1. The third-order valence-electron chi connectivity index (χ3n) is 2.53. The topological polar surface area (TPSA) is 49.3 Å². The van der Waals surface area contributed by atoms with Gasteiger partial charge < -0.3 is 5.11 Å². The monoisotopic (exact) mass is 261 g/mol. The molecule has 0 aromatic heterocycles. The highest BCUT2D eigenvalue weighted by molar-refractivity contribution is 5.73. The first-order valence-electron chi connectivity index (χ1n) is 5.46. The predicted octanol–water partition coefficient (Wildman–Crippen LogP) is 2.74. The number of carboxylic acid groups (broad SMARTS) is 1. The SMILES string of the molecule is CC[C@H](N[C@H](c1ccccc1)C(F)(F)F)C(=O)O. The third kappa shape index (κ3) is 3.73. The standard InChI is InChI=1S/C12H14F3NO2/c1-2-9(11(17)18)16-10(12(13,14)15)8-6-4-3-5-7-8/h3-7,9-10,16H,2H2,1H3,(H,17,18)/t9-,10+/m0/s1. The fraction of sp³-hybridized carbons (Fsp3) is 0.417. The quantitative estimate of drug-likeness (QED) is 0.856. The Kier molecular flexibility index (Phi) is 4.72. The number of rotatable bonds is 5. The zero-order chi connectivity index (χ0) is 13.8.